The number of anilines is 1. The Balaban J connectivity index is 1.64. The molecule has 8 nitrogen and oxygen atoms in total. The minimum Gasteiger partial charge on any atom is -0.497 e. The molecule has 1 aromatic carbocycles. The van der Waals surface area contributed by atoms with Gasteiger partial charge >= 0.3 is 0 Å². The van der Waals surface area contributed by atoms with Crippen molar-refractivity contribution in [2.45, 2.75) is 19.0 Å². The first-order valence-electron chi connectivity index (χ1n) is 8.54. The van der Waals surface area contributed by atoms with Gasteiger partial charge in [-0.15, -0.1) is 0 Å². The molecule has 1 aliphatic rings. The van der Waals surface area contributed by atoms with Gasteiger partial charge in [0.1, 0.15) is 23.6 Å². The minimum atomic E-state index is -3.06. The highest BCUT2D eigenvalue weighted by Crippen LogP contribution is 2.19. The summed E-state index contributed by atoms with van der Waals surface area (Å²) in [4.78, 5) is 22.3. The average Bonchev–Trinajstić information content (AvgIpc) is 3.05. The van der Waals surface area contributed by atoms with Crippen molar-refractivity contribution in [1.82, 2.24) is 14.9 Å². The van der Waals surface area contributed by atoms with E-state index >= 15 is 0 Å². The molecule has 0 radical (unpaired) electrons. The Bertz CT molecular complexity index is 915. The Morgan fingerprint density at radius 3 is 2.67 bits per heavy atom. The molecule has 1 amide bonds. The number of carbonyl (C=O) groups is 1. The Morgan fingerprint density at radius 2 is 2.04 bits per heavy atom. The highest BCUT2D eigenvalue weighted by Gasteiger charge is 2.33. The Kier molecular flexibility index (Phi) is 5.59. The van der Waals surface area contributed by atoms with Gasteiger partial charge in [-0.3, -0.25) is 4.79 Å². The highest BCUT2D eigenvalue weighted by molar-refractivity contribution is 7.91. The molecule has 1 aromatic heterocycles. The van der Waals surface area contributed by atoms with E-state index < -0.39 is 9.84 Å². The van der Waals surface area contributed by atoms with Crippen LogP contribution in [0.3, 0.4) is 0 Å². The lowest BCUT2D eigenvalue weighted by Crippen LogP contribution is -2.38. The summed E-state index contributed by atoms with van der Waals surface area (Å²) >= 11 is 0. The van der Waals surface area contributed by atoms with E-state index in [1.807, 2.05) is 24.3 Å². The molecule has 0 bridgehead atoms. The maximum atomic E-state index is 12.6. The van der Waals surface area contributed by atoms with Crippen molar-refractivity contribution in [2.75, 3.05) is 31.0 Å². The summed E-state index contributed by atoms with van der Waals surface area (Å²) in [5.74, 6) is 1.12. The van der Waals surface area contributed by atoms with Gasteiger partial charge in [-0.1, -0.05) is 12.1 Å². The van der Waals surface area contributed by atoms with E-state index in [1.165, 1.54) is 11.2 Å². The van der Waals surface area contributed by atoms with Gasteiger partial charge in [-0.25, -0.2) is 18.4 Å². The number of amides is 1. The lowest BCUT2D eigenvalue weighted by molar-refractivity contribution is 0.0741. The molecule has 2 heterocycles. The fourth-order valence-electron chi connectivity index (χ4n) is 2.93. The van der Waals surface area contributed by atoms with Crippen LogP contribution in [0.5, 0.6) is 5.75 Å². The molecular weight excluding hydrogens is 368 g/mol. The van der Waals surface area contributed by atoms with Crippen LogP contribution >= 0.6 is 0 Å². The third-order valence-electron chi connectivity index (χ3n) is 4.60. The summed E-state index contributed by atoms with van der Waals surface area (Å²) in [6, 6.07) is 8.88. The van der Waals surface area contributed by atoms with Crippen molar-refractivity contribution in [3.05, 3.63) is 47.9 Å². The molecule has 9 heteroatoms. The van der Waals surface area contributed by atoms with Gasteiger partial charge in [0, 0.05) is 25.7 Å². The van der Waals surface area contributed by atoms with E-state index in [-0.39, 0.29) is 29.1 Å². The molecule has 1 N–H and O–H groups in total. The Labute approximate surface area is 158 Å². The summed E-state index contributed by atoms with van der Waals surface area (Å²) in [6.07, 6.45) is 1.78. The van der Waals surface area contributed by atoms with Gasteiger partial charge in [0.15, 0.2) is 9.84 Å². The maximum Gasteiger partial charge on any atom is 0.272 e. The van der Waals surface area contributed by atoms with Gasteiger partial charge in [0.25, 0.3) is 5.91 Å². The third kappa shape index (κ3) is 4.73. The van der Waals surface area contributed by atoms with E-state index in [2.05, 4.69) is 15.3 Å². The maximum absolute atomic E-state index is 12.6. The number of ether oxygens (including phenoxy) is 1. The number of nitrogens with zero attached hydrogens (tertiary/aromatic N) is 3. The molecule has 1 atom stereocenters. The number of rotatable bonds is 6. The predicted molar refractivity (Wildman–Crippen MR) is 102 cm³/mol. The summed E-state index contributed by atoms with van der Waals surface area (Å²) < 4.78 is 28.4. The van der Waals surface area contributed by atoms with E-state index in [4.69, 9.17) is 4.74 Å². The molecule has 0 aliphatic carbocycles. The zero-order valence-corrected chi connectivity index (χ0v) is 16.1. The lowest BCUT2D eigenvalue weighted by Gasteiger charge is -2.23. The van der Waals surface area contributed by atoms with E-state index in [9.17, 15) is 13.2 Å². The molecule has 1 unspecified atom stereocenters. The number of aromatic nitrogens is 2. The fourth-order valence-corrected chi connectivity index (χ4v) is 4.71. The van der Waals surface area contributed by atoms with E-state index in [0.717, 1.165) is 11.3 Å². The van der Waals surface area contributed by atoms with Crippen molar-refractivity contribution >= 4 is 21.6 Å². The van der Waals surface area contributed by atoms with Crippen LogP contribution in [0.4, 0.5) is 5.82 Å². The molecule has 27 heavy (non-hydrogen) atoms. The van der Waals surface area contributed by atoms with Crippen LogP contribution in [0.15, 0.2) is 36.7 Å². The van der Waals surface area contributed by atoms with Crippen molar-refractivity contribution in [3.63, 3.8) is 0 Å². The number of hydrogen-bond donors (Lipinski definition) is 1. The lowest BCUT2D eigenvalue weighted by atomic mass is 10.2. The van der Waals surface area contributed by atoms with E-state index in [0.29, 0.717) is 18.8 Å². The first kappa shape index (κ1) is 19.1. The van der Waals surface area contributed by atoms with Crippen LogP contribution < -0.4 is 10.1 Å². The fraction of sp³-hybridized carbons (Fsp3) is 0.389. The second-order valence-electron chi connectivity index (χ2n) is 6.46. The number of carbonyl (C=O) groups excluding carboxylic acids is 1. The first-order valence-corrected chi connectivity index (χ1v) is 10.4. The molecular formula is C18H22N4O4S. The van der Waals surface area contributed by atoms with E-state index in [1.54, 1.807) is 20.2 Å². The number of nitrogens with one attached hydrogen (secondary N) is 1. The second kappa shape index (κ2) is 7.91. The number of hydrogen-bond acceptors (Lipinski definition) is 7. The molecule has 1 saturated heterocycles. The van der Waals surface area contributed by atoms with Crippen molar-refractivity contribution in [2.24, 2.45) is 0 Å². The van der Waals surface area contributed by atoms with Crippen molar-refractivity contribution < 1.29 is 17.9 Å². The largest absolute Gasteiger partial charge is 0.497 e. The van der Waals surface area contributed by atoms with Gasteiger partial charge in [-0.2, -0.15) is 0 Å². The van der Waals surface area contributed by atoms with Crippen molar-refractivity contribution in [3.8, 4) is 5.75 Å². The molecule has 2 aromatic rings. The molecule has 144 valence electrons. The molecule has 1 aliphatic heterocycles. The first-order chi connectivity index (χ1) is 12.9. The van der Waals surface area contributed by atoms with Gasteiger partial charge < -0.3 is 15.0 Å². The Morgan fingerprint density at radius 1 is 1.30 bits per heavy atom. The smallest absolute Gasteiger partial charge is 0.272 e. The summed E-state index contributed by atoms with van der Waals surface area (Å²) in [6.45, 7) is 0.533. The van der Waals surface area contributed by atoms with Crippen LogP contribution in [0.25, 0.3) is 0 Å². The van der Waals surface area contributed by atoms with Crippen LogP contribution in [0.1, 0.15) is 22.5 Å². The summed E-state index contributed by atoms with van der Waals surface area (Å²) in [5, 5.41) is 3.16. The molecule has 1 fully saturated rings. The van der Waals surface area contributed by atoms with Gasteiger partial charge in [0.2, 0.25) is 0 Å². The summed E-state index contributed by atoms with van der Waals surface area (Å²) in [5.41, 5.74) is 1.27. The SMILES string of the molecule is COc1ccc(CNc2cc(C(=O)N(C)C3CCS(=O)(=O)C3)ncn2)cc1. The zero-order chi connectivity index (χ0) is 19.4. The average molecular weight is 390 g/mol. The summed E-state index contributed by atoms with van der Waals surface area (Å²) in [7, 11) is 0.171. The number of benzene rings is 1. The monoisotopic (exact) mass is 390 g/mol. The molecule has 0 spiro atoms. The normalized spacial score (nSPS) is 18.1. The zero-order valence-electron chi connectivity index (χ0n) is 15.3. The minimum absolute atomic E-state index is 0.00288. The molecule has 0 saturated carbocycles. The van der Waals surface area contributed by atoms with Crippen LogP contribution in [0.2, 0.25) is 0 Å². The van der Waals surface area contributed by atoms with Crippen LogP contribution in [-0.4, -0.2) is 60.9 Å². The second-order valence-corrected chi connectivity index (χ2v) is 8.69. The molecule has 3 rings (SSSR count). The third-order valence-corrected chi connectivity index (χ3v) is 6.35. The number of sulfone groups is 1. The highest BCUT2D eigenvalue weighted by atomic mass is 32.2. The Hall–Kier alpha value is -2.68. The van der Waals surface area contributed by atoms with Gasteiger partial charge in [-0.05, 0) is 24.1 Å². The topological polar surface area (TPSA) is 101 Å². The predicted octanol–water partition coefficient (Wildman–Crippen LogP) is 1.36. The number of methoxy groups -OCH3 is 1. The van der Waals surface area contributed by atoms with Crippen LogP contribution in [-0.2, 0) is 16.4 Å². The van der Waals surface area contributed by atoms with Crippen LogP contribution in [0, 0.1) is 0 Å². The quantitative estimate of drug-likeness (QED) is 0.794. The van der Waals surface area contributed by atoms with Crippen molar-refractivity contribution in [1.29, 1.82) is 0 Å². The standard InChI is InChI=1S/C18H22N4O4S/c1-22(14-7-8-27(24,25)11-14)18(23)16-9-17(21-12-20-16)19-10-13-3-5-15(26-2)6-4-13/h3-6,9,12,14H,7-8,10-11H2,1-2H3,(H,19,20,21). The van der Waals surface area contributed by atoms with Gasteiger partial charge in [0.05, 0.1) is 18.6 Å².